The number of imidazole rings is 1. The molecule has 4 heteroatoms. The monoisotopic (exact) mass is 270 g/mol. The smallest absolute Gasteiger partial charge is 0.109 e. The fraction of sp³-hybridized carbons (Fsp3) is 0.500. The van der Waals surface area contributed by atoms with Crippen LogP contribution in [0.5, 0.6) is 0 Å². The highest BCUT2D eigenvalue weighted by Gasteiger charge is 2.17. The average molecular weight is 270 g/mol. The van der Waals surface area contributed by atoms with Crippen LogP contribution in [0, 0.1) is 11.3 Å². The summed E-state index contributed by atoms with van der Waals surface area (Å²) in [5.74, 6) is 1.13. The topological polar surface area (TPSA) is 67.6 Å². The van der Waals surface area contributed by atoms with Crippen molar-refractivity contribution in [2.45, 2.75) is 51.6 Å². The van der Waals surface area contributed by atoms with Gasteiger partial charge in [0.1, 0.15) is 11.4 Å². The first-order chi connectivity index (χ1) is 9.57. The lowest BCUT2D eigenvalue weighted by Gasteiger charge is -2.16. The summed E-state index contributed by atoms with van der Waals surface area (Å²) in [6.45, 7) is 4.81. The predicted molar refractivity (Wildman–Crippen MR) is 81.2 cm³/mol. The molecule has 2 N–H and O–H groups in total. The third kappa shape index (κ3) is 3.17. The van der Waals surface area contributed by atoms with Crippen molar-refractivity contribution in [3.63, 3.8) is 0 Å². The predicted octanol–water partition coefficient (Wildman–Crippen LogP) is 3.01. The fourth-order valence-corrected chi connectivity index (χ4v) is 2.45. The summed E-state index contributed by atoms with van der Waals surface area (Å²) in [5, 5.41) is 8.97. The van der Waals surface area contributed by atoms with Crippen LogP contribution in [-0.4, -0.2) is 15.1 Å². The fourth-order valence-electron chi connectivity index (χ4n) is 2.45. The summed E-state index contributed by atoms with van der Waals surface area (Å²) in [4.78, 5) is 4.70. The number of nitrogens with zero attached hydrogens (tertiary/aromatic N) is 3. The van der Waals surface area contributed by atoms with Crippen LogP contribution in [0.3, 0.4) is 0 Å². The molecule has 1 unspecified atom stereocenters. The van der Waals surface area contributed by atoms with Gasteiger partial charge < -0.3 is 10.3 Å². The maximum absolute atomic E-state index is 8.97. The minimum Gasteiger partial charge on any atom is -0.328 e. The summed E-state index contributed by atoms with van der Waals surface area (Å²) in [5.41, 5.74) is 7.36. The molecule has 0 bridgehead atoms. The summed E-state index contributed by atoms with van der Waals surface area (Å²) in [6, 6.07) is 10.4. The van der Waals surface area contributed by atoms with Crippen LogP contribution in [0.2, 0.25) is 0 Å². The quantitative estimate of drug-likeness (QED) is 0.877. The second-order valence-electron chi connectivity index (χ2n) is 5.55. The van der Waals surface area contributed by atoms with Gasteiger partial charge in [-0.1, -0.05) is 19.1 Å². The largest absolute Gasteiger partial charge is 0.328 e. The van der Waals surface area contributed by atoms with Crippen molar-refractivity contribution in [2.24, 2.45) is 5.73 Å². The van der Waals surface area contributed by atoms with Crippen molar-refractivity contribution in [1.82, 2.24) is 9.55 Å². The van der Waals surface area contributed by atoms with Gasteiger partial charge in [-0.25, -0.2) is 4.98 Å². The van der Waals surface area contributed by atoms with Crippen LogP contribution in [0.25, 0.3) is 11.0 Å². The van der Waals surface area contributed by atoms with E-state index in [0.29, 0.717) is 6.42 Å². The molecular formula is C16H22N4. The molecule has 1 heterocycles. The van der Waals surface area contributed by atoms with E-state index in [9.17, 15) is 0 Å². The van der Waals surface area contributed by atoms with Gasteiger partial charge in [0.2, 0.25) is 0 Å². The van der Waals surface area contributed by atoms with Gasteiger partial charge in [0.15, 0.2) is 0 Å². The Bertz CT molecular complexity index is 619. The third-order valence-electron chi connectivity index (χ3n) is 3.54. The van der Waals surface area contributed by atoms with Crippen LogP contribution in [0.15, 0.2) is 24.3 Å². The molecule has 0 amide bonds. The standard InChI is InChI=1S/C16H22N4/c1-3-7-15-19-13-8-4-5-9-14(13)20(15)11-6-10-16(2,18)12-17/h4-5,8-9H,3,6-7,10-11,18H2,1-2H3. The Balaban J connectivity index is 2.19. The first-order valence-corrected chi connectivity index (χ1v) is 7.21. The number of benzene rings is 1. The van der Waals surface area contributed by atoms with E-state index < -0.39 is 5.54 Å². The molecule has 20 heavy (non-hydrogen) atoms. The lowest BCUT2D eigenvalue weighted by Crippen LogP contribution is -2.34. The molecule has 0 saturated heterocycles. The first kappa shape index (κ1) is 14.5. The Hall–Kier alpha value is -1.86. The maximum atomic E-state index is 8.97. The number of rotatable bonds is 6. The molecule has 0 aliphatic carbocycles. The van der Waals surface area contributed by atoms with Gasteiger partial charge in [0.05, 0.1) is 17.1 Å². The molecule has 0 fully saturated rings. The number of nitrogens with two attached hydrogens (primary N) is 1. The summed E-state index contributed by atoms with van der Waals surface area (Å²) in [7, 11) is 0. The van der Waals surface area contributed by atoms with Crippen molar-refractivity contribution < 1.29 is 0 Å². The number of aromatic nitrogens is 2. The van der Waals surface area contributed by atoms with Gasteiger partial charge >= 0.3 is 0 Å². The van der Waals surface area contributed by atoms with E-state index in [0.717, 1.165) is 37.1 Å². The number of nitriles is 1. The molecule has 1 atom stereocenters. The van der Waals surface area contributed by atoms with Gasteiger partial charge in [-0.15, -0.1) is 0 Å². The maximum Gasteiger partial charge on any atom is 0.109 e. The van der Waals surface area contributed by atoms with Gasteiger partial charge in [-0.05, 0) is 38.3 Å². The number of para-hydroxylation sites is 2. The molecule has 2 aromatic rings. The van der Waals surface area contributed by atoms with Gasteiger partial charge in [-0.2, -0.15) is 5.26 Å². The van der Waals surface area contributed by atoms with E-state index >= 15 is 0 Å². The summed E-state index contributed by atoms with van der Waals surface area (Å²) < 4.78 is 2.27. The molecule has 0 aliphatic heterocycles. The van der Waals surface area contributed by atoms with Crippen LogP contribution < -0.4 is 5.73 Å². The highest BCUT2D eigenvalue weighted by Crippen LogP contribution is 2.19. The molecule has 106 valence electrons. The van der Waals surface area contributed by atoms with E-state index in [-0.39, 0.29) is 0 Å². The van der Waals surface area contributed by atoms with E-state index in [1.54, 1.807) is 6.92 Å². The normalized spacial score (nSPS) is 14.1. The molecule has 4 nitrogen and oxygen atoms in total. The Labute approximate surface area is 120 Å². The number of fused-ring (bicyclic) bond motifs is 1. The zero-order chi connectivity index (χ0) is 14.6. The second-order valence-corrected chi connectivity index (χ2v) is 5.55. The molecule has 1 aromatic carbocycles. The van der Waals surface area contributed by atoms with E-state index in [1.807, 2.05) is 18.2 Å². The van der Waals surface area contributed by atoms with Crippen LogP contribution in [-0.2, 0) is 13.0 Å². The van der Waals surface area contributed by atoms with Gasteiger partial charge in [0, 0.05) is 13.0 Å². The lowest BCUT2D eigenvalue weighted by atomic mass is 9.99. The number of aryl methyl sites for hydroxylation is 2. The zero-order valence-electron chi connectivity index (χ0n) is 12.3. The van der Waals surface area contributed by atoms with E-state index in [2.05, 4.69) is 23.6 Å². The van der Waals surface area contributed by atoms with E-state index in [1.165, 1.54) is 5.52 Å². The zero-order valence-corrected chi connectivity index (χ0v) is 12.3. The molecule has 2 rings (SSSR count). The lowest BCUT2D eigenvalue weighted by molar-refractivity contribution is 0.486. The highest BCUT2D eigenvalue weighted by molar-refractivity contribution is 5.75. The highest BCUT2D eigenvalue weighted by atomic mass is 15.1. The van der Waals surface area contributed by atoms with Crippen molar-refractivity contribution in [1.29, 1.82) is 5.26 Å². The molecule has 0 spiro atoms. The van der Waals surface area contributed by atoms with Gasteiger partial charge in [0.25, 0.3) is 0 Å². The second kappa shape index (κ2) is 6.06. The van der Waals surface area contributed by atoms with Crippen molar-refractivity contribution in [3.05, 3.63) is 30.1 Å². The molecular weight excluding hydrogens is 248 g/mol. The summed E-state index contributed by atoms with van der Waals surface area (Å²) in [6.07, 6.45) is 3.64. The van der Waals surface area contributed by atoms with Crippen molar-refractivity contribution in [3.8, 4) is 6.07 Å². The van der Waals surface area contributed by atoms with Crippen LogP contribution in [0.1, 0.15) is 38.9 Å². The Morgan fingerprint density at radius 2 is 2.15 bits per heavy atom. The molecule has 1 aromatic heterocycles. The SMILES string of the molecule is CCCc1nc2ccccc2n1CCCC(C)(N)C#N. The Morgan fingerprint density at radius 1 is 1.40 bits per heavy atom. The van der Waals surface area contributed by atoms with Crippen molar-refractivity contribution >= 4 is 11.0 Å². The van der Waals surface area contributed by atoms with E-state index in [4.69, 9.17) is 16.0 Å². The average Bonchev–Trinajstić information content (AvgIpc) is 2.77. The summed E-state index contributed by atoms with van der Waals surface area (Å²) >= 11 is 0. The Kier molecular flexibility index (Phi) is 4.41. The minimum absolute atomic E-state index is 0.696. The van der Waals surface area contributed by atoms with Crippen LogP contribution >= 0.6 is 0 Å². The molecule has 0 radical (unpaired) electrons. The van der Waals surface area contributed by atoms with Crippen molar-refractivity contribution in [2.75, 3.05) is 0 Å². The number of hydrogen-bond acceptors (Lipinski definition) is 3. The Morgan fingerprint density at radius 3 is 2.85 bits per heavy atom. The third-order valence-corrected chi connectivity index (χ3v) is 3.54. The first-order valence-electron chi connectivity index (χ1n) is 7.21. The van der Waals surface area contributed by atoms with Crippen LogP contribution in [0.4, 0.5) is 0 Å². The molecule has 0 saturated carbocycles. The minimum atomic E-state index is -0.735. The van der Waals surface area contributed by atoms with Gasteiger partial charge in [-0.3, -0.25) is 0 Å². The number of hydrogen-bond donors (Lipinski definition) is 1. The molecule has 0 aliphatic rings.